The van der Waals surface area contributed by atoms with E-state index in [1.54, 1.807) is 0 Å². The van der Waals surface area contributed by atoms with Crippen molar-refractivity contribution in [2.24, 2.45) is 7.05 Å². The topological polar surface area (TPSA) is 56.0 Å². The molecule has 0 N–H and O–H groups in total. The monoisotopic (exact) mass is 439 g/mol. The minimum absolute atomic E-state index is 0.219. The highest BCUT2D eigenvalue weighted by atomic mass is 16.2. The van der Waals surface area contributed by atoms with Gasteiger partial charge in [0.25, 0.3) is 0 Å². The van der Waals surface area contributed by atoms with Crippen molar-refractivity contribution in [3.05, 3.63) is 59.8 Å². The summed E-state index contributed by atoms with van der Waals surface area (Å²) in [4.78, 5) is 19.7. The van der Waals surface area contributed by atoms with Gasteiger partial charge in [-0.15, -0.1) is 0 Å². The van der Waals surface area contributed by atoms with Gasteiger partial charge in [-0.25, -0.2) is 4.98 Å². The van der Waals surface area contributed by atoms with Crippen LogP contribution >= 0.6 is 0 Å². The largest absolute Gasteiger partial charge is 0.335 e. The van der Waals surface area contributed by atoms with Crippen molar-refractivity contribution >= 4 is 16.7 Å². The second-order valence-corrected chi connectivity index (χ2v) is 9.46. The Labute approximate surface area is 193 Å². The molecule has 6 rings (SSSR count). The second-order valence-electron chi connectivity index (χ2n) is 9.46. The summed E-state index contributed by atoms with van der Waals surface area (Å²) in [5.41, 5.74) is 6.96. The SMILES string of the molecule is CCC(=O)N1CCn2c(C3CC3)nc(-c3cccc4cc(-c5cnn(C)c5)c(C)cc34)c2C1. The molecule has 1 aliphatic heterocycles. The molecule has 0 unspecified atom stereocenters. The summed E-state index contributed by atoms with van der Waals surface area (Å²) in [5.74, 6) is 2.00. The van der Waals surface area contributed by atoms with Crippen LogP contribution in [0.15, 0.2) is 42.7 Å². The van der Waals surface area contributed by atoms with Gasteiger partial charge >= 0.3 is 0 Å². The zero-order valence-electron chi connectivity index (χ0n) is 19.5. The minimum atomic E-state index is 0.219. The number of rotatable bonds is 4. The highest BCUT2D eigenvalue weighted by Crippen LogP contribution is 2.43. The van der Waals surface area contributed by atoms with Crippen LogP contribution < -0.4 is 0 Å². The summed E-state index contributed by atoms with van der Waals surface area (Å²) < 4.78 is 4.25. The third kappa shape index (κ3) is 3.36. The molecule has 4 aromatic rings. The fourth-order valence-electron chi connectivity index (χ4n) is 5.21. The van der Waals surface area contributed by atoms with Crippen molar-refractivity contribution in [2.45, 2.75) is 52.1 Å². The molecule has 6 nitrogen and oxygen atoms in total. The molecule has 0 spiro atoms. The van der Waals surface area contributed by atoms with E-state index in [0.717, 1.165) is 29.9 Å². The number of carbonyl (C=O) groups is 1. The summed E-state index contributed by atoms with van der Waals surface area (Å²) in [5, 5.41) is 6.76. The van der Waals surface area contributed by atoms with Crippen LogP contribution in [0.25, 0.3) is 33.2 Å². The average Bonchev–Trinajstić information content (AvgIpc) is 3.47. The van der Waals surface area contributed by atoms with Crippen LogP contribution in [0.5, 0.6) is 0 Å². The molecule has 33 heavy (non-hydrogen) atoms. The minimum Gasteiger partial charge on any atom is -0.335 e. The summed E-state index contributed by atoms with van der Waals surface area (Å²) in [7, 11) is 1.95. The number of amides is 1. The van der Waals surface area contributed by atoms with Gasteiger partial charge in [-0.1, -0.05) is 31.2 Å². The zero-order chi connectivity index (χ0) is 22.7. The number of aryl methyl sites for hydroxylation is 2. The van der Waals surface area contributed by atoms with Gasteiger partial charge in [-0.2, -0.15) is 5.10 Å². The van der Waals surface area contributed by atoms with E-state index in [2.05, 4.69) is 53.1 Å². The van der Waals surface area contributed by atoms with Crippen LogP contribution in [0.4, 0.5) is 0 Å². The third-order valence-electron chi connectivity index (χ3n) is 7.13. The van der Waals surface area contributed by atoms with Crippen LogP contribution in [-0.4, -0.2) is 36.7 Å². The van der Waals surface area contributed by atoms with Crippen LogP contribution in [0, 0.1) is 6.92 Å². The zero-order valence-corrected chi connectivity index (χ0v) is 19.5. The number of aromatic nitrogens is 4. The number of fused-ring (bicyclic) bond motifs is 2. The number of hydrogen-bond acceptors (Lipinski definition) is 3. The summed E-state index contributed by atoms with van der Waals surface area (Å²) in [6, 6.07) is 11.0. The van der Waals surface area contributed by atoms with Crippen LogP contribution in [-0.2, 0) is 24.9 Å². The van der Waals surface area contributed by atoms with Gasteiger partial charge in [0, 0.05) is 49.8 Å². The molecular weight excluding hydrogens is 410 g/mol. The van der Waals surface area contributed by atoms with E-state index in [1.807, 2.05) is 29.7 Å². The number of benzene rings is 2. The van der Waals surface area contributed by atoms with Crippen molar-refractivity contribution in [3.8, 4) is 22.4 Å². The molecular formula is C27H29N5O. The number of nitrogens with zero attached hydrogens (tertiary/aromatic N) is 5. The molecule has 1 aliphatic carbocycles. The Balaban J connectivity index is 1.51. The van der Waals surface area contributed by atoms with Crippen molar-refractivity contribution in [1.82, 2.24) is 24.2 Å². The van der Waals surface area contributed by atoms with E-state index in [0.29, 0.717) is 18.9 Å². The lowest BCUT2D eigenvalue weighted by atomic mass is 9.94. The first-order valence-corrected chi connectivity index (χ1v) is 11.9. The normalized spacial score (nSPS) is 15.8. The van der Waals surface area contributed by atoms with Gasteiger partial charge in [0.05, 0.1) is 24.1 Å². The fourth-order valence-corrected chi connectivity index (χ4v) is 5.21. The Morgan fingerprint density at radius 1 is 1.15 bits per heavy atom. The Kier molecular flexibility index (Phi) is 4.64. The standard InChI is InChI=1S/C27H29N5O/c1-4-25(33)31-10-11-32-24(16-31)26(29-27(32)18-8-9-18)21-7-5-6-19-13-22(17(2)12-23(19)21)20-14-28-30(3)15-20/h5-7,12-15,18H,4,8-11,16H2,1-3H3. The maximum atomic E-state index is 12.5. The number of carbonyl (C=O) groups excluding carboxylic acids is 1. The fraction of sp³-hybridized carbons (Fsp3) is 0.370. The van der Waals surface area contributed by atoms with E-state index in [9.17, 15) is 4.79 Å². The van der Waals surface area contributed by atoms with E-state index >= 15 is 0 Å². The van der Waals surface area contributed by atoms with Gasteiger partial charge in [-0.05, 0) is 47.7 Å². The lowest BCUT2D eigenvalue weighted by molar-refractivity contribution is -0.132. The molecule has 0 atom stereocenters. The highest BCUT2D eigenvalue weighted by molar-refractivity contribution is 5.99. The molecule has 0 radical (unpaired) electrons. The van der Waals surface area contributed by atoms with Crippen molar-refractivity contribution < 1.29 is 4.79 Å². The second kappa shape index (κ2) is 7.58. The van der Waals surface area contributed by atoms with Crippen LogP contribution in [0.1, 0.15) is 49.2 Å². The lowest BCUT2D eigenvalue weighted by Gasteiger charge is -2.29. The number of hydrogen-bond donors (Lipinski definition) is 0. The van der Waals surface area contributed by atoms with Gasteiger partial charge in [-0.3, -0.25) is 9.48 Å². The van der Waals surface area contributed by atoms with E-state index in [1.165, 1.54) is 46.3 Å². The Hall–Kier alpha value is -3.41. The Bertz CT molecular complexity index is 1390. The molecule has 1 amide bonds. The first kappa shape index (κ1) is 20.2. The molecule has 168 valence electrons. The maximum absolute atomic E-state index is 12.5. The van der Waals surface area contributed by atoms with Gasteiger partial charge in [0.2, 0.25) is 5.91 Å². The van der Waals surface area contributed by atoms with Gasteiger partial charge in [0.15, 0.2) is 0 Å². The molecule has 0 saturated heterocycles. The van der Waals surface area contributed by atoms with Crippen LogP contribution in [0.2, 0.25) is 0 Å². The predicted octanol–water partition coefficient (Wildman–Crippen LogP) is 5.04. The lowest BCUT2D eigenvalue weighted by Crippen LogP contribution is -2.38. The molecule has 2 aromatic carbocycles. The molecule has 2 aromatic heterocycles. The van der Waals surface area contributed by atoms with Crippen LogP contribution in [0.3, 0.4) is 0 Å². The molecule has 3 heterocycles. The average molecular weight is 440 g/mol. The molecule has 1 saturated carbocycles. The third-order valence-corrected chi connectivity index (χ3v) is 7.13. The van der Waals surface area contributed by atoms with Gasteiger partial charge < -0.3 is 9.47 Å². The summed E-state index contributed by atoms with van der Waals surface area (Å²) in [6.07, 6.45) is 6.97. The van der Waals surface area contributed by atoms with E-state index in [-0.39, 0.29) is 5.91 Å². The Morgan fingerprint density at radius 3 is 2.73 bits per heavy atom. The van der Waals surface area contributed by atoms with Crippen molar-refractivity contribution in [3.63, 3.8) is 0 Å². The van der Waals surface area contributed by atoms with Crippen molar-refractivity contribution in [2.75, 3.05) is 6.54 Å². The van der Waals surface area contributed by atoms with Gasteiger partial charge in [0.1, 0.15) is 5.82 Å². The smallest absolute Gasteiger partial charge is 0.222 e. The first-order chi connectivity index (χ1) is 16.0. The maximum Gasteiger partial charge on any atom is 0.222 e. The van der Waals surface area contributed by atoms with E-state index in [4.69, 9.17) is 4.98 Å². The quantitative estimate of drug-likeness (QED) is 0.448. The molecule has 1 fully saturated rings. The van der Waals surface area contributed by atoms with E-state index < -0.39 is 0 Å². The van der Waals surface area contributed by atoms with Crippen molar-refractivity contribution in [1.29, 1.82) is 0 Å². The molecule has 0 bridgehead atoms. The Morgan fingerprint density at radius 2 is 2.00 bits per heavy atom. The first-order valence-electron chi connectivity index (χ1n) is 11.9. The number of imidazole rings is 1. The summed E-state index contributed by atoms with van der Waals surface area (Å²) >= 11 is 0. The molecule has 6 heteroatoms. The molecule has 2 aliphatic rings. The summed E-state index contributed by atoms with van der Waals surface area (Å²) in [6.45, 7) is 6.37. The predicted molar refractivity (Wildman–Crippen MR) is 130 cm³/mol. The highest BCUT2D eigenvalue weighted by Gasteiger charge is 2.34.